The third kappa shape index (κ3) is 4.63. The largest absolute Gasteiger partial charge is 0.351 e. The maximum absolute atomic E-state index is 12.4. The highest BCUT2D eigenvalue weighted by atomic mass is 35.5. The highest BCUT2D eigenvalue weighted by Crippen LogP contribution is 2.24. The van der Waals surface area contributed by atoms with E-state index in [-0.39, 0.29) is 16.2 Å². The Balaban J connectivity index is 2.07. The van der Waals surface area contributed by atoms with Crippen LogP contribution in [0.3, 0.4) is 0 Å². The van der Waals surface area contributed by atoms with Crippen molar-refractivity contribution in [3.63, 3.8) is 0 Å². The molecule has 0 atom stereocenters. The Morgan fingerprint density at radius 2 is 1.58 bits per heavy atom. The van der Waals surface area contributed by atoms with E-state index in [2.05, 4.69) is 5.32 Å². The number of nitrogens with one attached hydrogen (secondary N) is 1. The number of benzene rings is 2. The average molecular weight is 395 g/mol. The number of carbonyl (C=O) groups excluding carboxylic acids is 1. The van der Waals surface area contributed by atoms with Crippen molar-refractivity contribution < 1.29 is 13.2 Å². The first-order valence-corrected chi connectivity index (χ1v) is 9.93. The molecule has 2 rings (SSSR count). The minimum Gasteiger partial charge on any atom is -0.351 e. The number of rotatable bonds is 6. The van der Waals surface area contributed by atoms with Crippen molar-refractivity contribution in [1.82, 2.24) is 9.62 Å². The monoisotopic (exact) mass is 394 g/mol. The Morgan fingerprint density at radius 3 is 2.08 bits per heavy atom. The van der Waals surface area contributed by atoms with Crippen molar-refractivity contribution in [2.24, 2.45) is 0 Å². The minimum absolute atomic E-state index is 0.153. The smallest absolute Gasteiger partial charge is 0.251 e. The van der Waals surface area contributed by atoms with Crippen LogP contribution in [0.5, 0.6) is 0 Å². The van der Waals surface area contributed by atoms with E-state index in [1.165, 1.54) is 38.4 Å². The van der Waals surface area contributed by atoms with E-state index in [4.69, 9.17) is 11.6 Å². The Morgan fingerprint density at radius 1 is 1.04 bits per heavy atom. The molecule has 0 saturated carbocycles. The van der Waals surface area contributed by atoms with Gasteiger partial charge in [-0.1, -0.05) is 37.6 Å². The Labute approximate surface area is 160 Å². The molecule has 26 heavy (non-hydrogen) atoms. The van der Waals surface area contributed by atoms with Crippen LogP contribution in [0.1, 0.15) is 29.8 Å². The van der Waals surface area contributed by atoms with Crippen LogP contribution in [0.15, 0.2) is 53.4 Å². The van der Waals surface area contributed by atoms with Crippen LogP contribution in [-0.4, -0.2) is 39.3 Å². The SMILES string of the molecule is CN(C)S(=O)(=O)c1ccc(C(=O)NCC(C)(C)c2ccc(Cl)cc2)cc1. The van der Waals surface area contributed by atoms with Crippen LogP contribution in [0.2, 0.25) is 5.02 Å². The van der Waals surface area contributed by atoms with Crippen molar-refractivity contribution in [3.05, 3.63) is 64.7 Å². The van der Waals surface area contributed by atoms with Gasteiger partial charge >= 0.3 is 0 Å². The second kappa shape index (κ2) is 7.78. The molecule has 2 aromatic carbocycles. The van der Waals surface area contributed by atoms with Gasteiger partial charge in [-0.15, -0.1) is 0 Å². The lowest BCUT2D eigenvalue weighted by Crippen LogP contribution is -2.36. The van der Waals surface area contributed by atoms with Gasteiger partial charge in [-0.05, 0) is 42.0 Å². The lowest BCUT2D eigenvalue weighted by Gasteiger charge is -2.25. The lowest BCUT2D eigenvalue weighted by molar-refractivity contribution is 0.0945. The molecule has 0 aromatic heterocycles. The quantitative estimate of drug-likeness (QED) is 0.817. The zero-order chi connectivity index (χ0) is 19.5. The number of halogens is 1. The summed E-state index contributed by atoms with van der Waals surface area (Å²) in [4.78, 5) is 12.5. The molecule has 5 nitrogen and oxygen atoms in total. The first-order chi connectivity index (χ1) is 12.0. The van der Waals surface area contributed by atoms with E-state index in [0.717, 1.165) is 9.87 Å². The van der Waals surface area contributed by atoms with Gasteiger partial charge in [0.2, 0.25) is 10.0 Å². The fraction of sp³-hybridized carbons (Fsp3) is 0.316. The van der Waals surface area contributed by atoms with Crippen molar-refractivity contribution >= 4 is 27.5 Å². The third-order valence-corrected chi connectivity index (χ3v) is 6.29. The number of amides is 1. The predicted molar refractivity (Wildman–Crippen MR) is 104 cm³/mol. The molecule has 0 spiro atoms. The molecular weight excluding hydrogens is 372 g/mol. The van der Waals surface area contributed by atoms with Crippen LogP contribution in [0.25, 0.3) is 0 Å². The summed E-state index contributed by atoms with van der Waals surface area (Å²) in [6.07, 6.45) is 0. The molecule has 7 heteroatoms. The second-order valence-electron chi connectivity index (χ2n) is 6.89. The predicted octanol–water partition coefficient (Wildman–Crippen LogP) is 3.30. The van der Waals surface area contributed by atoms with E-state index < -0.39 is 10.0 Å². The molecule has 0 bridgehead atoms. The van der Waals surface area contributed by atoms with Crippen LogP contribution in [-0.2, 0) is 15.4 Å². The summed E-state index contributed by atoms with van der Waals surface area (Å²) < 4.78 is 25.3. The molecule has 0 fully saturated rings. The second-order valence-corrected chi connectivity index (χ2v) is 9.47. The summed E-state index contributed by atoms with van der Waals surface area (Å²) in [6.45, 7) is 4.50. The van der Waals surface area contributed by atoms with Gasteiger partial charge in [-0.2, -0.15) is 0 Å². The van der Waals surface area contributed by atoms with E-state index in [9.17, 15) is 13.2 Å². The van der Waals surface area contributed by atoms with Crippen LogP contribution >= 0.6 is 11.6 Å². The van der Waals surface area contributed by atoms with E-state index in [0.29, 0.717) is 17.1 Å². The van der Waals surface area contributed by atoms with Gasteiger partial charge in [0.1, 0.15) is 0 Å². The van der Waals surface area contributed by atoms with Gasteiger partial charge in [-0.25, -0.2) is 12.7 Å². The molecule has 1 amide bonds. The van der Waals surface area contributed by atoms with Crippen molar-refractivity contribution in [2.45, 2.75) is 24.2 Å². The third-order valence-electron chi connectivity index (χ3n) is 4.21. The number of hydrogen-bond donors (Lipinski definition) is 1. The summed E-state index contributed by atoms with van der Waals surface area (Å²) in [5, 5.41) is 3.57. The van der Waals surface area contributed by atoms with Gasteiger partial charge in [-0.3, -0.25) is 4.79 Å². The van der Waals surface area contributed by atoms with Gasteiger partial charge in [0.25, 0.3) is 5.91 Å². The topological polar surface area (TPSA) is 66.5 Å². The Bertz CT molecular complexity index is 874. The van der Waals surface area contributed by atoms with Crippen molar-refractivity contribution in [2.75, 3.05) is 20.6 Å². The molecule has 0 aliphatic heterocycles. The Kier molecular flexibility index (Phi) is 6.11. The molecular formula is C19H23ClN2O3S. The first-order valence-electron chi connectivity index (χ1n) is 8.11. The minimum atomic E-state index is -3.50. The molecule has 0 saturated heterocycles. The zero-order valence-corrected chi connectivity index (χ0v) is 16.9. The van der Waals surface area contributed by atoms with Gasteiger partial charge in [0.05, 0.1) is 4.90 Å². The van der Waals surface area contributed by atoms with E-state index >= 15 is 0 Å². The lowest BCUT2D eigenvalue weighted by atomic mass is 9.84. The Hall–Kier alpha value is -1.89. The molecule has 0 radical (unpaired) electrons. The fourth-order valence-corrected chi connectivity index (χ4v) is 3.42. The molecule has 140 valence electrons. The molecule has 0 heterocycles. The molecule has 1 N–H and O–H groups in total. The molecule has 0 aliphatic rings. The van der Waals surface area contributed by atoms with Crippen molar-refractivity contribution in [1.29, 1.82) is 0 Å². The fourth-order valence-electron chi connectivity index (χ4n) is 2.40. The van der Waals surface area contributed by atoms with Crippen LogP contribution in [0, 0.1) is 0 Å². The summed E-state index contributed by atoms with van der Waals surface area (Å²) in [5.41, 5.74) is 1.21. The molecule has 0 aliphatic carbocycles. The van der Waals surface area contributed by atoms with Gasteiger partial charge in [0, 0.05) is 36.6 Å². The standard InChI is InChI=1S/C19H23ClN2O3S/c1-19(2,15-7-9-16(20)10-8-15)13-21-18(23)14-5-11-17(12-6-14)26(24,25)22(3)4/h5-12H,13H2,1-4H3,(H,21,23). The molecule has 2 aromatic rings. The maximum Gasteiger partial charge on any atom is 0.251 e. The number of carbonyl (C=O) groups is 1. The number of sulfonamides is 1. The van der Waals surface area contributed by atoms with Crippen molar-refractivity contribution in [3.8, 4) is 0 Å². The maximum atomic E-state index is 12.4. The van der Waals surface area contributed by atoms with Crippen LogP contribution in [0.4, 0.5) is 0 Å². The van der Waals surface area contributed by atoms with Crippen LogP contribution < -0.4 is 5.32 Å². The van der Waals surface area contributed by atoms with Gasteiger partial charge in [0.15, 0.2) is 0 Å². The average Bonchev–Trinajstić information content (AvgIpc) is 2.60. The summed E-state index contributed by atoms with van der Waals surface area (Å²) in [5.74, 6) is -0.249. The van der Waals surface area contributed by atoms with E-state index in [1.807, 2.05) is 38.1 Å². The highest BCUT2D eigenvalue weighted by Gasteiger charge is 2.22. The summed E-state index contributed by atoms with van der Waals surface area (Å²) >= 11 is 5.92. The summed E-state index contributed by atoms with van der Waals surface area (Å²) in [6, 6.07) is 13.4. The summed E-state index contributed by atoms with van der Waals surface area (Å²) in [7, 11) is -0.569. The first kappa shape index (κ1) is 20.4. The zero-order valence-electron chi connectivity index (χ0n) is 15.3. The van der Waals surface area contributed by atoms with Gasteiger partial charge < -0.3 is 5.32 Å². The highest BCUT2D eigenvalue weighted by molar-refractivity contribution is 7.89. The van der Waals surface area contributed by atoms with E-state index in [1.54, 1.807) is 0 Å². The molecule has 0 unspecified atom stereocenters. The number of nitrogens with zero attached hydrogens (tertiary/aromatic N) is 1. The number of hydrogen-bond acceptors (Lipinski definition) is 3. The normalized spacial score (nSPS) is 12.2.